The molecule has 2 unspecified atom stereocenters. The monoisotopic (exact) mass is 290 g/mol. The third kappa shape index (κ3) is 5.08. The summed E-state index contributed by atoms with van der Waals surface area (Å²) < 4.78 is 38.6. The lowest BCUT2D eigenvalue weighted by molar-refractivity contribution is 0.163. The number of urea groups is 1. The molecule has 0 aromatic heterocycles. The number of amides is 2. The summed E-state index contributed by atoms with van der Waals surface area (Å²) in [5, 5.41) is 13.9. The predicted octanol–water partition coefficient (Wildman–Crippen LogP) is 2.63. The van der Waals surface area contributed by atoms with E-state index in [0.717, 1.165) is 0 Å². The Hall–Kier alpha value is -1.76. The zero-order valence-corrected chi connectivity index (χ0v) is 11.2. The van der Waals surface area contributed by atoms with Gasteiger partial charge in [0.25, 0.3) is 0 Å². The number of hydrogen-bond acceptors (Lipinski definition) is 2. The van der Waals surface area contributed by atoms with E-state index in [-0.39, 0.29) is 11.6 Å². The average Bonchev–Trinajstić information content (AvgIpc) is 2.32. The van der Waals surface area contributed by atoms with Gasteiger partial charge in [-0.05, 0) is 19.3 Å². The van der Waals surface area contributed by atoms with Gasteiger partial charge >= 0.3 is 6.03 Å². The fourth-order valence-corrected chi connectivity index (χ4v) is 1.74. The highest BCUT2D eigenvalue weighted by Gasteiger charge is 2.13. The van der Waals surface area contributed by atoms with Crippen LogP contribution in [0.1, 0.15) is 20.3 Å². The molecule has 0 heterocycles. The Morgan fingerprint density at radius 3 is 2.30 bits per heavy atom. The number of halogens is 3. The number of rotatable bonds is 5. The zero-order valence-electron chi connectivity index (χ0n) is 11.2. The van der Waals surface area contributed by atoms with Crippen LogP contribution in [0.15, 0.2) is 12.1 Å². The molecule has 3 N–H and O–H groups in total. The molecule has 112 valence electrons. The predicted molar refractivity (Wildman–Crippen MR) is 68.8 cm³/mol. The van der Waals surface area contributed by atoms with Crippen molar-refractivity contribution in [2.45, 2.75) is 26.4 Å². The molecule has 0 saturated carbocycles. The fourth-order valence-electron chi connectivity index (χ4n) is 1.74. The fraction of sp³-hybridized carbons (Fsp3) is 0.462. The van der Waals surface area contributed by atoms with E-state index >= 15 is 0 Å². The highest BCUT2D eigenvalue weighted by Crippen LogP contribution is 2.17. The first kappa shape index (κ1) is 16.3. The Morgan fingerprint density at radius 1 is 1.25 bits per heavy atom. The number of aliphatic hydroxyl groups excluding tert-OH is 1. The largest absolute Gasteiger partial charge is 0.393 e. The summed E-state index contributed by atoms with van der Waals surface area (Å²) in [4.78, 5) is 11.5. The molecule has 0 aliphatic rings. The standard InChI is InChI=1S/C13H17F3N2O2/c1-7(3-8(2)19)6-17-13(20)18-9-4-10(14)12(16)11(15)5-9/h4-5,7-8,19H,3,6H2,1-2H3,(H2,17,18,20). The first-order chi connectivity index (χ1) is 9.29. The van der Waals surface area contributed by atoms with Crippen LogP contribution >= 0.6 is 0 Å². The second-order valence-corrected chi connectivity index (χ2v) is 4.78. The number of anilines is 1. The van der Waals surface area contributed by atoms with Crippen LogP contribution in [0.3, 0.4) is 0 Å². The first-order valence-electron chi connectivity index (χ1n) is 6.17. The number of hydrogen-bond donors (Lipinski definition) is 3. The number of benzene rings is 1. The Kier molecular flexibility index (Phi) is 5.82. The summed E-state index contributed by atoms with van der Waals surface area (Å²) in [5.41, 5.74) is -0.179. The summed E-state index contributed by atoms with van der Waals surface area (Å²) in [6.45, 7) is 3.77. The topological polar surface area (TPSA) is 61.4 Å². The van der Waals surface area contributed by atoms with Gasteiger partial charge in [-0.3, -0.25) is 0 Å². The van der Waals surface area contributed by atoms with E-state index in [1.807, 2.05) is 6.92 Å². The molecule has 0 spiro atoms. The number of carbonyl (C=O) groups is 1. The highest BCUT2D eigenvalue weighted by atomic mass is 19.2. The maximum Gasteiger partial charge on any atom is 0.319 e. The van der Waals surface area contributed by atoms with E-state index < -0.39 is 29.6 Å². The van der Waals surface area contributed by atoms with Crippen LogP contribution in [0.25, 0.3) is 0 Å². The number of nitrogens with one attached hydrogen (secondary N) is 2. The number of aliphatic hydroxyl groups is 1. The Bertz CT molecular complexity index is 458. The molecule has 0 aliphatic heterocycles. The quantitative estimate of drug-likeness (QED) is 0.730. The van der Waals surface area contributed by atoms with Crippen LogP contribution < -0.4 is 10.6 Å². The molecular weight excluding hydrogens is 273 g/mol. The second-order valence-electron chi connectivity index (χ2n) is 4.78. The minimum absolute atomic E-state index is 0.0439. The molecule has 20 heavy (non-hydrogen) atoms. The van der Waals surface area contributed by atoms with Crippen molar-refractivity contribution < 1.29 is 23.1 Å². The molecule has 2 amide bonds. The van der Waals surface area contributed by atoms with Crippen molar-refractivity contribution in [1.82, 2.24) is 5.32 Å². The van der Waals surface area contributed by atoms with E-state index in [2.05, 4.69) is 10.6 Å². The third-order valence-electron chi connectivity index (χ3n) is 2.60. The third-order valence-corrected chi connectivity index (χ3v) is 2.60. The minimum atomic E-state index is -1.58. The Morgan fingerprint density at radius 2 is 1.80 bits per heavy atom. The Labute approximate surface area is 115 Å². The second kappa shape index (κ2) is 7.14. The van der Waals surface area contributed by atoms with Crippen LogP contribution in [0.4, 0.5) is 23.7 Å². The lowest BCUT2D eigenvalue weighted by atomic mass is 10.1. The lowest BCUT2D eigenvalue weighted by Gasteiger charge is -2.14. The maximum absolute atomic E-state index is 12.9. The van der Waals surface area contributed by atoms with Gasteiger partial charge in [-0.1, -0.05) is 6.92 Å². The molecule has 2 atom stereocenters. The minimum Gasteiger partial charge on any atom is -0.393 e. The van der Waals surface area contributed by atoms with Crippen LogP contribution in [-0.2, 0) is 0 Å². The van der Waals surface area contributed by atoms with Gasteiger partial charge in [0.15, 0.2) is 17.5 Å². The Balaban J connectivity index is 2.51. The van der Waals surface area contributed by atoms with Gasteiger partial charge in [0.05, 0.1) is 6.10 Å². The van der Waals surface area contributed by atoms with Crippen molar-refractivity contribution >= 4 is 11.7 Å². The molecule has 1 aromatic rings. The molecule has 7 heteroatoms. The van der Waals surface area contributed by atoms with E-state index in [0.29, 0.717) is 25.1 Å². The van der Waals surface area contributed by atoms with Crippen molar-refractivity contribution in [2.75, 3.05) is 11.9 Å². The molecule has 0 saturated heterocycles. The van der Waals surface area contributed by atoms with E-state index in [4.69, 9.17) is 5.11 Å². The molecule has 1 aromatic carbocycles. The maximum atomic E-state index is 12.9. The summed E-state index contributed by atoms with van der Waals surface area (Å²) in [6.07, 6.45) is 0.0373. The van der Waals surface area contributed by atoms with Crippen LogP contribution in [0.2, 0.25) is 0 Å². The lowest BCUT2D eigenvalue weighted by Crippen LogP contribution is -2.33. The summed E-state index contributed by atoms with van der Waals surface area (Å²) in [7, 11) is 0. The molecule has 4 nitrogen and oxygen atoms in total. The summed E-state index contributed by atoms with van der Waals surface area (Å²) in [5.74, 6) is -4.28. The van der Waals surface area contributed by atoms with Gasteiger partial charge in [0.1, 0.15) is 0 Å². The smallest absolute Gasteiger partial charge is 0.319 e. The summed E-state index contributed by atoms with van der Waals surface area (Å²) in [6, 6.07) is 0.724. The molecule has 0 fully saturated rings. The van der Waals surface area contributed by atoms with Gasteiger partial charge < -0.3 is 15.7 Å². The van der Waals surface area contributed by atoms with Crippen molar-refractivity contribution in [3.63, 3.8) is 0 Å². The molecule has 0 radical (unpaired) electrons. The van der Waals surface area contributed by atoms with Crippen LogP contribution in [-0.4, -0.2) is 23.8 Å². The average molecular weight is 290 g/mol. The van der Waals surface area contributed by atoms with E-state index in [9.17, 15) is 18.0 Å². The van der Waals surface area contributed by atoms with Gasteiger partial charge in [0.2, 0.25) is 0 Å². The highest BCUT2D eigenvalue weighted by molar-refractivity contribution is 5.89. The molecule has 0 aliphatic carbocycles. The van der Waals surface area contributed by atoms with E-state index in [1.54, 1.807) is 6.92 Å². The van der Waals surface area contributed by atoms with Crippen LogP contribution in [0.5, 0.6) is 0 Å². The zero-order chi connectivity index (χ0) is 15.3. The molecule has 1 rings (SSSR count). The van der Waals surface area contributed by atoms with Crippen molar-refractivity contribution in [2.24, 2.45) is 5.92 Å². The van der Waals surface area contributed by atoms with Gasteiger partial charge in [0, 0.05) is 24.4 Å². The molecule has 0 bridgehead atoms. The molecular formula is C13H17F3N2O2. The normalized spacial score (nSPS) is 13.7. The SMILES string of the molecule is CC(O)CC(C)CNC(=O)Nc1cc(F)c(F)c(F)c1. The van der Waals surface area contributed by atoms with Crippen LogP contribution in [0, 0.1) is 23.4 Å². The van der Waals surface area contributed by atoms with Crippen molar-refractivity contribution in [1.29, 1.82) is 0 Å². The van der Waals surface area contributed by atoms with Crippen molar-refractivity contribution in [3.8, 4) is 0 Å². The first-order valence-corrected chi connectivity index (χ1v) is 6.17. The van der Waals surface area contributed by atoms with Gasteiger partial charge in [-0.2, -0.15) is 0 Å². The van der Waals surface area contributed by atoms with Gasteiger partial charge in [-0.15, -0.1) is 0 Å². The van der Waals surface area contributed by atoms with E-state index in [1.165, 1.54) is 0 Å². The summed E-state index contributed by atoms with van der Waals surface area (Å²) >= 11 is 0. The van der Waals surface area contributed by atoms with Crippen molar-refractivity contribution in [3.05, 3.63) is 29.6 Å². The van der Waals surface area contributed by atoms with Gasteiger partial charge in [-0.25, -0.2) is 18.0 Å². The number of carbonyl (C=O) groups excluding carboxylic acids is 1.